The van der Waals surface area contributed by atoms with Gasteiger partial charge in [0.05, 0.1) is 4.47 Å². The Kier molecular flexibility index (Phi) is 3.88. The molecule has 92 valence electrons. The van der Waals surface area contributed by atoms with Crippen LogP contribution in [0.5, 0.6) is 11.6 Å². The van der Waals surface area contributed by atoms with E-state index in [-0.39, 0.29) is 10.8 Å². The molecule has 2 N–H and O–H groups in total. The number of nitrogens with two attached hydrogens (primary N) is 1. The monoisotopic (exact) mass is 326 g/mol. The molecule has 0 spiro atoms. The highest BCUT2D eigenvalue weighted by Crippen LogP contribution is 2.25. The molecule has 3 nitrogen and oxygen atoms in total. The van der Waals surface area contributed by atoms with Gasteiger partial charge in [-0.2, -0.15) is 0 Å². The first-order valence-corrected chi connectivity index (χ1v) is 6.15. The summed E-state index contributed by atoms with van der Waals surface area (Å²) in [6.45, 7) is 0. The van der Waals surface area contributed by atoms with Crippen molar-refractivity contribution in [3.63, 3.8) is 0 Å². The maximum absolute atomic E-state index is 13.1. The van der Waals surface area contributed by atoms with Gasteiger partial charge < -0.3 is 10.5 Å². The van der Waals surface area contributed by atoms with Crippen molar-refractivity contribution in [2.45, 2.75) is 0 Å². The highest BCUT2D eigenvalue weighted by atomic mass is 79.9. The average Bonchev–Trinajstić information content (AvgIpc) is 2.34. The van der Waals surface area contributed by atoms with E-state index in [1.54, 1.807) is 18.3 Å². The molecule has 0 aliphatic rings. The molecule has 0 aliphatic carbocycles. The number of hydrogen-bond acceptors (Lipinski definition) is 3. The predicted molar refractivity (Wildman–Crippen MR) is 74.3 cm³/mol. The van der Waals surface area contributed by atoms with Crippen LogP contribution in [0.1, 0.15) is 5.56 Å². The SMILES string of the molecule is NC(=S)c1ccnc(Oc2ccc(F)c(Br)c2)c1. The molecule has 1 heterocycles. The first-order valence-electron chi connectivity index (χ1n) is 4.95. The van der Waals surface area contributed by atoms with Crippen LogP contribution in [0.4, 0.5) is 4.39 Å². The van der Waals surface area contributed by atoms with E-state index in [0.29, 0.717) is 21.7 Å². The molecule has 0 unspecified atom stereocenters. The Hall–Kier alpha value is -1.53. The van der Waals surface area contributed by atoms with Crippen LogP contribution < -0.4 is 10.5 Å². The number of benzene rings is 1. The lowest BCUT2D eigenvalue weighted by Gasteiger charge is -2.06. The highest BCUT2D eigenvalue weighted by Gasteiger charge is 2.05. The van der Waals surface area contributed by atoms with E-state index in [2.05, 4.69) is 20.9 Å². The van der Waals surface area contributed by atoms with E-state index in [9.17, 15) is 4.39 Å². The maximum Gasteiger partial charge on any atom is 0.219 e. The second-order valence-electron chi connectivity index (χ2n) is 3.42. The molecule has 0 radical (unpaired) electrons. The molecule has 2 aromatic rings. The molecule has 1 aromatic heterocycles. The summed E-state index contributed by atoms with van der Waals surface area (Å²) in [5.41, 5.74) is 6.17. The molecular formula is C12H8BrFN2OS. The Morgan fingerprint density at radius 2 is 2.11 bits per heavy atom. The predicted octanol–water partition coefficient (Wildman–Crippen LogP) is 3.41. The van der Waals surface area contributed by atoms with Crippen molar-refractivity contribution >= 4 is 33.1 Å². The number of ether oxygens (including phenoxy) is 1. The lowest BCUT2D eigenvalue weighted by atomic mass is 10.3. The second kappa shape index (κ2) is 5.41. The van der Waals surface area contributed by atoms with Gasteiger partial charge in [-0.3, -0.25) is 0 Å². The largest absolute Gasteiger partial charge is 0.439 e. The lowest BCUT2D eigenvalue weighted by molar-refractivity contribution is 0.460. The van der Waals surface area contributed by atoms with Gasteiger partial charge in [-0.25, -0.2) is 9.37 Å². The van der Waals surface area contributed by atoms with Crippen molar-refractivity contribution in [1.29, 1.82) is 0 Å². The Bertz CT molecular complexity index is 606. The minimum Gasteiger partial charge on any atom is -0.439 e. The van der Waals surface area contributed by atoms with Gasteiger partial charge in [-0.1, -0.05) is 12.2 Å². The molecule has 0 aliphatic heterocycles. The van der Waals surface area contributed by atoms with Gasteiger partial charge in [0.1, 0.15) is 16.6 Å². The third kappa shape index (κ3) is 3.02. The second-order valence-corrected chi connectivity index (χ2v) is 4.72. The lowest BCUT2D eigenvalue weighted by Crippen LogP contribution is -2.09. The zero-order valence-corrected chi connectivity index (χ0v) is 11.5. The summed E-state index contributed by atoms with van der Waals surface area (Å²) in [5.74, 6) is 0.460. The minimum atomic E-state index is -0.354. The van der Waals surface area contributed by atoms with Crippen molar-refractivity contribution in [1.82, 2.24) is 4.98 Å². The zero-order chi connectivity index (χ0) is 13.1. The molecule has 0 fully saturated rings. The van der Waals surface area contributed by atoms with E-state index in [1.807, 2.05) is 0 Å². The molecular weight excluding hydrogens is 319 g/mol. The molecule has 0 amide bonds. The smallest absolute Gasteiger partial charge is 0.219 e. The molecule has 0 saturated carbocycles. The molecule has 0 saturated heterocycles. The van der Waals surface area contributed by atoms with E-state index < -0.39 is 0 Å². The molecule has 0 bridgehead atoms. The van der Waals surface area contributed by atoms with Gasteiger partial charge in [0.15, 0.2) is 0 Å². The van der Waals surface area contributed by atoms with Crippen LogP contribution in [0.3, 0.4) is 0 Å². The summed E-state index contributed by atoms with van der Waals surface area (Å²) in [4.78, 5) is 4.29. The van der Waals surface area contributed by atoms with E-state index in [4.69, 9.17) is 22.7 Å². The summed E-state index contributed by atoms with van der Waals surface area (Å²) >= 11 is 7.94. The van der Waals surface area contributed by atoms with Crippen LogP contribution in [0.15, 0.2) is 41.0 Å². The van der Waals surface area contributed by atoms with E-state index >= 15 is 0 Å². The number of hydrogen-bond donors (Lipinski definition) is 1. The number of pyridine rings is 1. The van der Waals surface area contributed by atoms with Crippen LogP contribution in [0.2, 0.25) is 0 Å². The van der Waals surface area contributed by atoms with Crippen LogP contribution in [-0.2, 0) is 0 Å². The van der Waals surface area contributed by atoms with Crippen molar-refractivity contribution in [3.8, 4) is 11.6 Å². The summed E-state index contributed by atoms with van der Waals surface area (Å²) in [6, 6.07) is 7.64. The fourth-order valence-corrected chi connectivity index (χ4v) is 1.76. The summed E-state index contributed by atoms with van der Waals surface area (Å²) in [6.07, 6.45) is 1.54. The van der Waals surface area contributed by atoms with Crippen LogP contribution >= 0.6 is 28.1 Å². The van der Waals surface area contributed by atoms with Crippen molar-refractivity contribution in [2.75, 3.05) is 0 Å². The third-order valence-electron chi connectivity index (χ3n) is 2.13. The van der Waals surface area contributed by atoms with E-state index in [1.165, 1.54) is 18.2 Å². The third-order valence-corrected chi connectivity index (χ3v) is 2.98. The molecule has 1 aromatic carbocycles. The number of rotatable bonds is 3. The minimum absolute atomic E-state index is 0.266. The van der Waals surface area contributed by atoms with Crippen LogP contribution in [-0.4, -0.2) is 9.97 Å². The topological polar surface area (TPSA) is 48.1 Å². The highest BCUT2D eigenvalue weighted by molar-refractivity contribution is 9.10. The van der Waals surface area contributed by atoms with Gasteiger partial charge in [0.25, 0.3) is 0 Å². The summed E-state index contributed by atoms with van der Waals surface area (Å²) in [7, 11) is 0. The standard InChI is InChI=1S/C12H8BrFN2OS/c13-9-6-8(1-2-10(9)14)17-11-5-7(12(15)18)3-4-16-11/h1-6H,(H2,15,18). The van der Waals surface area contributed by atoms with Crippen molar-refractivity contribution in [2.24, 2.45) is 5.73 Å². The van der Waals surface area contributed by atoms with Crippen molar-refractivity contribution in [3.05, 3.63) is 52.4 Å². The summed E-state index contributed by atoms with van der Waals surface area (Å²) in [5, 5.41) is 0. The fourth-order valence-electron chi connectivity index (χ4n) is 1.28. The zero-order valence-electron chi connectivity index (χ0n) is 9.06. The van der Waals surface area contributed by atoms with E-state index in [0.717, 1.165) is 0 Å². The Balaban J connectivity index is 2.25. The van der Waals surface area contributed by atoms with Gasteiger partial charge in [-0.15, -0.1) is 0 Å². The Morgan fingerprint density at radius 3 is 2.78 bits per heavy atom. The van der Waals surface area contributed by atoms with Crippen LogP contribution in [0, 0.1) is 5.82 Å². The number of halogens is 2. The first kappa shape index (κ1) is 12.9. The quantitative estimate of drug-likeness (QED) is 0.878. The Morgan fingerprint density at radius 1 is 1.33 bits per heavy atom. The van der Waals surface area contributed by atoms with Gasteiger partial charge in [0.2, 0.25) is 5.88 Å². The van der Waals surface area contributed by atoms with Gasteiger partial charge in [-0.05, 0) is 40.2 Å². The number of aromatic nitrogens is 1. The van der Waals surface area contributed by atoms with Crippen molar-refractivity contribution < 1.29 is 9.13 Å². The summed E-state index contributed by atoms with van der Waals surface area (Å²) < 4.78 is 18.9. The first-order chi connectivity index (χ1) is 8.56. The van der Waals surface area contributed by atoms with Gasteiger partial charge >= 0.3 is 0 Å². The normalized spacial score (nSPS) is 10.1. The van der Waals surface area contributed by atoms with Gasteiger partial charge in [0, 0.05) is 17.8 Å². The molecule has 2 rings (SSSR count). The molecule has 18 heavy (non-hydrogen) atoms. The number of thiocarbonyl (C=S) groups is 1. The van der Waals surface area contributed by atoms with Crippen LogP contribution in [0.25, 0.3) is 0 Å². The Labute approximate surface area is 117 Å². The number of nitrogens with zero attached hydrogens (tertiary/aromatic N) is 1. The average molecular weight is 327 g/mol. The maximum atomic E-state index is 13.1. The molecule has 6 heteroatoms. The molecule has 0 atom stereocenters. The fraction of sp³-hybridized carbons (Fsp3) is 0.